The lowest BCUT2D eigenvalue weighted by Crippen LogP contribution is -2.43. The number of hydrogen-bond acceptors (Lipinski definition) is 4. The summed E-state index contributed by atoms with van der Waals surface area (Å²) in [6.07, 6.45) is 5.56. The van der Waals surface area contributed by atoms with Gasteiger partial charge in [0.25, 0.3) is 5.91 Å². The molecule has 0 unspecified atom stereocenters. The second-order valence-electron chi connectivity index (χ2n) is 5.62. The van der Waals surface area contributed by atoms with Crippen LogP contribution in [0, 0.1) is 5.41 Å². The molecule has 1 aliphatic rings. The fourth-order valence-electron chi connectivity index (χ4n) is 2.83. The Labute approximate surface area is 118 Å². The molecule has 0 bridgehead atoms. The van der Waals surface area contributed by atoms with Crippen molar-refractivity contribution in [3.05, 3.63) is 23.8 Å². The van der Waals surface area contributed by atoms with Crippen LogP contribution in [0.4, 0.5) is 0 Å². The van der Waals surface area contributed by atoms with Crippen LogP contribution >= 0.6 is 0 Å². The first kappa shape index (κ1) is 14.7. The minimum absolute atomic E-state index is 0.0274. The molecule has 2 rings (SSSR count). The second kappa shape index (κ2) is 6.13. The summed E-state index contributed by atoms with van der Waals surface area (Å²) in [7, 11) is 0. The Morgan fingerprint density at radius 2 is 1.95 bits per heavy atom. The minimum atomic E-state index is -0.379. The molecule has 0 spiro atoms. The van der Waals surface area contributed by atoms with Crippen molar-refractivity contribution in [2.24, 2.45) is 11.1 Å². The van der Waals surface area contributed by atoms with Crippen molar-refractivity contribution >= 4 is 5.91 Å². The lowest BCUT2D eigenvalue weighted by atomic mass is 9.74. The van der Waals surface area contributed by atoms with Gasteiger partial charge >= 0.3 is 0 Å². The zero-order chi connectivity index (χ0) is 14.6. The van der Waals surface area contributed by atoms with Gasteiger partial charge in [-0.25, -0.2) is 0 Å². The van der Waals surface area contributed by atoms with Crippen molar-refractivity contribution < 1.29 is 15.0 Å². The summed E-state index contributed by atoms with van der Waals surface area (Å²) in [4.78, 5) is 12.1. The van der Waals surface area contributed by atoms with Crippen molar-refractivity contribution in [1.29, 1.82) is 0 Å². The van der Waals surface area contributed by atoms with Gasteiger partial charge in [-0.2, -0.15) is 0 Å². The van der Waals surface area contributed by atoms with Crippen molar-refractivity contribution in [2.45, 2.75) is 32.1 Å². The Bertz CT molecular complexity index is 482. The van der Waals surface area contributed by atoms with E-state index in [4.69, 9.17) is 5.73 Å². The molecule has 20 heavy (non-hydrogen) atoms. The monoisotopic (exact) mass is 278 g/mol. The number of para-hydroxylation sites is 1. The van der Waals surface area contributed by atoms with E-state index in [0.29, 0.717) is 13.1 Å². The van der Waals surface area contributed by atoms with E-state index in [0.717, 1.165) is 25.7 Å². The fraction of sp³-hybridized carbons (Fsp3) is 0.533. The van der Waals surface area contributed by atoms with Crippen LogP contribution in [0.5, 0.6) is 11.5 Å². The van der Waals surface area contributed by atoms with Crippen molar-refractivity contribution in [2.75, 3.05) is 13.1 Å². The number of carbonyl (C=O) groups excluding carboxylic acids is 1. The first-order valence-electron chi connectivity index (χ1n) is 7.07. The summed E-state index contributed by atoms with van der Waals surface area (Å²) < 4.78 is 0. The number of nitrogens with one attached hydrogen (secondary N) is 1. The summed E-state index contributed by atoms with van der Waals surface area (Å²) in [5, 5.41) is 21.9. The number of amides is 1. The third kappa shape index (κ3) is 3.04. The molecule has 5 heteroatoms. The van der Waals surface area contributed by atoms with Gasteiger partial charge in [0.15, 0.2) is 11.5 Å². The maximum absolute atomic E-state index is 12.1. The number of carbonyl (C=O) groups is 1. The smallest absolute Gasteiger partial charge is 0.255 e. The van der Waals surface area contributed by atoms with Gasteiger partial charge in [0.05, 0.1) is 5.56 Å². The number of hydrogen-bond donors (Lipinski definition) is 4. The second-order valence-corrected chi connectivity index (χ2v) is 5.62. The molecule has 110 valence electrons. The molecule has 1 aromatic carbocycles. The van der Waals surface area contributed by atoms with E-state index in [1.165, 1.54) is 24.6 Å². The molecule has 0 saturated heterocycles. The van der Waals surface area contributed by atoms with Crippen LogP contribution in [0.1, 0.15) is 42.5 Å². The van der Waals surface area contributed by atoms with E-state index in [1.54, 1.807) is 0 Å². The van der Waals surface area contributed by atoms with Gasteiger partial charge in [-0.15, -0.1) is 0 Å². The Kier molecular flexibility index (Phi) is 4.49. The van der Waals surface area contributed by atoms with E-state index in [9.17, 15) is 15.0 Å². The standard InChI is InChI=1S/C15H22N2O3/c16-9-15(7-2-1-3-8-15)10-17-14(20)11-5-4-6-12(18)13(11)19/h4-6,18-19H,1-3,7-10,16H2,(H,17,20). The molecule has 1 aromatic rings. The molecule has 1 fully saturated rings. The van der Waals surface area contributed by atoms with Crippen molar-refractivity contribution in [3.63, 3.8) is 0 Å². The summed E-state index contributed by atoms with van der Waals surface area (Å²) in [6, 6.07) is 4.36. The van der Waals surface area contributed by atoms with E-state index in [2.05, 4.69) is 5.32 Å². The third-order valence-electron chi connectivity index (χ3n) is 4.23. The van der Waals surface area contributed by atoms with E-state index >= 15 is 0 Å². The summed E-state index contributed by atoms with van der Waals surface area (Å²) in [6.45, 7) is 1.07. The number of rotatable bonds is 4. The molecule has 0 aromatic heterocycles. The maximum atomic E-state index is 12.1. The molecule has 0 aliphatic heterocycles. The molecule has 0 heterocycles. The Morgan fingerprint density at radius 3 is 2.60 bits per heavy atom. The number of aromatic hydroxyl groups is 2. The number of phenols is 2. The summed E-state index contributed by atoms with van der Waals surface area (Å²) >= 11 is 0. The van der Waals surface area contributed by atoms with E-state index in [1.807, 2.05) is 0 Å². The molecule has 5 N–H and O–H groups in total. The first-order chi connectivity index (χ1) is 9.58. The van der Waals surface area contributed by atoms with Gasteiger partial charge in [0.1, 0.15) is 0 Å². The SMILES string of the molecule is NCC1(CNC(=O)c2cccc(O)c2O)CCCCC1. The van der Waals surface area contributed by atoms with Crippen molar-refractivity contribution in [1.82, 2.24) is 5.32 Å². The van der Waals surface area contributed by atoms with Crippen LogP contribution < -0.4 is 11.1 Å². The third-order valence-corrected chi connectivity index (χ3v) is 4.23. The molecule has 1 saturated carbocycles. The molecular formula is C15H22N2O3. The normalized spacial score (nSPS) is 17.6. The molecule has 5 nitrogen and oxygen atoms in total. The lowest BCUT2D eigenvalue weighted by molar-refractivity contribution is 0.0910. The number of nitrogens with two attached hydrogens (primary N) is 1. The fourth-order valence-corrected chi connectivity index (χ4v) is 2.83. The molecule has 1 amide bonds. The highest BCUT2D eigenvalue weighted by atomic mass is 16.3. The van der Waals surface area contributed by atoms with Gasteiger partial charge in [-0.05, 0) is 36.9 Å². The summed E-state index contributed by atoms with van der Waals surface area (Å²) in [5.41, 5.74) is 5.94. The minimum Gasteiger partial charge on any atom is -0.504 e. The van der Waals surface area contributed by atoms with Crippen LogP contribution in [0.3, 0.4) is 0 Å². The van der Waals surface area contributed by atoms with Crippen LogP contribution in [-0.2, 0) is 0 Å². The van der Waals surface area contributed by atoms with Gasteiger partial charge < -0.3 is 21.3 Å². The zero-order valence-corrected chi connectivity index (χ0v) is 11.6. The maximum Gasteiger partial charge on any atom is 0.255 e. The average Bonchev–Trinajstić information content (AvgIpc) is 2.48. The largest absolute Gasteiger partial charge is 0.504 e. The van der Waals surface area contributed by atoms with Crippen LogP contribution in [-0.4, -0.2) is 29.2 Å². The quantitative estimate of drug-likeness (QED) is 0.631. The average molecular weight is 278 g/mol. The topological polar surface area (TPSA) is 95.6 Å². The van der Waals surface area contributed by atoms with E-state index in [-0.39, 0.29) is 28.4 Å². The lowest BCUT2D eigenvalue weighted by Gasteiger charge is -2.36. The van der Waals surface area contributed by atoms with Gasteiger partial charge in [0.2, 0.25) is 0 Å². The van der Waals surface area contributed by atoms with Crippen LogP contribution in [0.15, 0.2) is 18.2 Å². The summed E-state index contributed by atoms with van der Waals surface area (Å²) in [5.74, 6) is -1.05. The van der Waals surface area contributed by atoms with Gasteiger partial charge in [0, 0.05) is 6.54 Å². The van der Waals surface area contributed by atoms with Crippen LogP contribution in [0.2, 0.25) is 0 Å². The molecular weight excluding hydrogens is 256 g/mol. The molecule has 1 aliphatic carbocycles. The number of benzene rings is 1. The molecule has 0 atom stereocenters. The highest BCUT2D eigenvalue weighted by Gasteiger charge is 2.31. The highest BCUT2D eigenvalue weighted by Crippen LogP contribution is 2.35. The number of phenolic OH excluding ortho intramolecular Hbond substituents is 2. The van der Waals surface area contributed by atoms with Crippen LogP contribution in [0.25, 0.3) is 0 Å². The highest BCUT2D eigenvalue weighted by molar-refractivity contribution is 5.97. The van der Waals surface area contributed by atoms with Crippen molar-refractivity contribution in [3.8, 4) is 11.5 Å². The predicted octanol–water partition coefficient (Wildman–Crippen LogP) is 1.74. The zero-order valence-electron chi connectivity index (χ0n) is 11.6. The van der Waals surface area contributed by atoms with Gasteiger partial charge in [-0.3, -0.25) is 4.79 Å². The molecule has 0 radical (unpaired) electrons. The Balaban J connectivity index is 2.02. The van der Waals surface area contributed by atoms with Gasteiger partial charge in [-0.1, -0.05) is 25.3 Å². The Morgan fingerprint density at radius 1 is 1.25 bits per heavy atom. The van der Waals surface area contributed by atoms with E-state index < -0.39 is 0 Å². The first-order valence-corrected chi connectivity index (χ1v) is 7.07. The Hall–Kier alpha value is -1.75. The predicted molar refractivity (Wildman–Crippen MR) is 76.7 cm³/mol.